The van der Waals surface area contributed by atoms with Gasteiger partial charge in [0, 0.05) is 12.0 Å². The largest absolute Gasteiger partial charge is 0.289 e. The van der Waals surface area contributed by atoms with E-state index in [9.17, 15) is 4.79 Å². The van der Waals surface area contributed by atoms with Crippen LogP contribution in [0.3, 0.4) is 0 Å². The summed E-state index contributed by atoms with van der Waals surface area (Å²) in [7, 11) is 0. The molecule has 1 aromatic carbocycles. The number of allylic oxidation sites excluding steroid dienone is 2. The molecule has 0 N–H and O–H groups in total. The summed E-state index contributed by atoms with van der Waals surface area (Å²) in [4.78, 5) is 11.6. The van der Waals surface area contributed by atoms with Crippen LogP contribution in [0.15, 0.2) is 36.4 Å². The van der Waals surface area contributed by atoms with Gasteiger partial charge in [0.15, 0.2) is 5.78 Å². The Morgan fingerprint density at radius 1 is 1.47 bits per heavy atom. The summed E-state index contributed by atoms with van der Waals surface area (Å²) < 4.78 is 0. The minimum atomic E-state index is -0.0855. The average molecular weight is 219 g/mol. The minimum Gasteiger partial charge on any atom is -0.289 e. The molecule has 1 aromatic rings. The lowest BCUT2D eigenvalue weighted by atomic mass is 10.1. The fourth-order valence-corrected chi connectivity index (χ4v) is 1.34. The predicted molar refractivity (Wildman–Crippen MR) is 63.0 cm³/mol. The van der Waals surface area contributed by atoms with E-state index in [-0.39, 0.29) is 5.78 Å². The first-order valence-corrected chi connectivity index (χ1v) is 5.02. The highest BCUT2D eigenvalue weighted by molar-refractivity contribution is 6.34. The molecule has 0 saturated carbocycles. The van der Waals surface area contributed by atoms with E-state index >= 15 is 0 Å². The van der Waals surface area contributed by atoms with E-state index in [1.165, 1.54) is 6.08 Å². The second kappa shape index (κ2) is 6.06. The number of benzene rings is 1. The molecule has 0 aliphatic carbocycles. The Kier molecular flexibility index (Phi) is 4.66. The molecule has 0 bridgehead atoms. The van der Waals surface area contributed by atoms with Crippen LogP contribution in [0.1, 0.15) is 23.2 Å². The van der Waals surface area contributed by atoms with Gasteiger partial charge in [-0.3, -0.25) is 4.79 Å². The number of carbonyl (C=O) groups is 1. The van der Waals surface area contributed by atoms with Crippen LogP contribution in [0, 0.1) is 12.3 Å². The zero-order chi connectivity index (χ0) is 11.1. The molecule has 0 aromatic heterocycles. The van der Waals surface area contributed by atoms with Crippen LogP contribution >= 0.6 is 11.6 Å². The van der Waals surface area contributed by atoms with Crippen molar-refractivity contribution < 1.29 is 4.79 Å². The molecule has 1 nitrogen and oxygen atoms in total. The molecule has 0 atom stereocenters. The number of carbonyl (C=O) groups excluding carboxylic acids is 1. The topological polar surface area (TPSA) is 17.1 Å². The van der Waals surface area contributed by atoms with Gasteiger partial charge in [0.1, 0.15) is 0 Å². The third-order valence-corrected chi connectivity index (χ3v) is 2.19. The molecule has 0 heterocycles. The van der Waals surface area contributed by atoms with Crippen molar-refractivity contribution in [3.05, 3.63) is 47.0 Å². The van der Waals surface area contributed by atoms with E-state index in [0.29, 0.717) is 23.4 Å². The van der Waals surface area contributed by atoms with Crippen molar-refractivity contribution in [2.45, 2.75) is 12.8 Å². The van der Waals surface area contributed by atoms with Gasteiger partial charge in [-0.15, -0.1) is 12.3 Å². The molecule has 0 saturated heterocycles. The highest BCUT2D eigenvalue weighted by atomic mass is 35.5. The zero-order valence-electron chi connectivity index (χ0n) is 8.24. The van der Waals surface area contributed by atoms with Gasteiger partial charge in [0.05, 0.1) is 5.02 Å². The Morgan fingerprint density at radius 3 is 2.87 bits per heavy atom. The Morgan fingerprint density at radius 2 is 2.20 bits per heavy atom. The normalized spacial score (nSPS) is 10.1. The molecule has 0 aliphatic heterocycles. The van der Waals surface area contributed by atoms with Crippen molar-refractivity contribution in [2.24, 2.45) is 0 Å². The van der Waals surface area contributed by atoms with E-state index in [0.717, 1.165) is 0 Å². The summed E-state index contributed by atoms with van der Waals surface area (Å²) in [6, 6.07) is 6.98. The van der Waals surface area contributed by atoms with Gasteiger partial charge in [-0.05, 0) is 24.6 Å². The van der Waals surface area contributed by atoms with Gasteiger partial charge in [-0.25, -0.2) is 0 Å². The smallest absolute Gasteiger partial charge is 0.187 e. The third kappa shape index (κ3) is 3.61. The van der Waals surface area contributed by atoms with Crippen LogP contribution in [0.25, 0.3) is 0 Å². The highest BCUT2D eigenvalue weighted by Gasteiger charge is 2.04. The summed E-state index contributed by atoms with van der Waals surface area (Å²) >= 11 is 5.87. The SMILES string of the molecule is C#CCC/C=C/C(=O)c1ccccc1Cl. The van der Waals surface area contributed by atoms with E-state index in [4.69, 9.17) is 18.0 Å². The molecule has 0 radical (unpaired) electrons. The first-order chi connectivity index (χ1) is 7.25. The number of halogens is 1. The fourth-order valence-electron chi connectivity index (χ4n) is 1.11. The molecular weight excluding hydrogens is 208 g/mol. The lowest BCUT2D eigenvalue weighted by Gasteiger charge is -1.97. The number of ketones is 1. The molecule has 0 amide bonds. The van der Waals surface area contributed by atoms with Gasteiger partial charge in [0.2, 0.25) is 0 Å². The van der Waals surface area contributed by atoms with Crippen LogP contribution in [-0.4, -0.2) is 5.78 Å². The minimum absolute atomic E-state index is 0.0855. The van der Waals surface area contributed by atoms with Crippen molar-refractivity contribution in [1.29, 1.82) is 0 Å². The molecule has 1 rings (SSSR count). The number of hydrogen-bond donors (Lipinski definition) is 0. The van der Waals surface area contributed by atoms with Crippen LogP contribution in [0.2, 0.25) is 5.02 Å². The van der Waals surface area contributed by atoms with Gasteiger partial charge in [0.25, 0.3) is 0 Å². The Bertz CT molecular complexity index is 413. The van der Waals surface area contributed by atoms with Crippen LogP contribution in [-0.2, 0) is 0 Å². The summed E-state index contributed by atoms with van der Waals surface area (Å²) in [6.45, 7) is 0. The van der Waals surface area contributed by atoms with E-state index in [1.54, 1.807) is 30.3 Å². The second-order valence-electron chi connectivity index (χ2n) is 2.99. The second-order valence-corrected chi connectivity index (χ2v) is 3.40. The first-order valence-electron chi connectivity index (χ1n) is 4.64. The van der Waals surface area contributed by atoms with Crippen molar-refractivity contribution >= 4 is 17.4 Å². The van der Waals surface area contributed by atoms with Crippen molar-refractivity contribution in [2.75, 3.05) is 0 Å². The monoisotopic (exact) mass is 218 g/mol. The van der Waals surface area contributed by atoms with Crippen molar-refractivity contribution in [3.8, 4) is 12.3 Å². The summed E-state index contributed by atoms with van der Waals surface area (Å²) in [5.74, 6) is 2.42. The van der Waals surface area contributed by atoms with E-state index < -0.39 is 0 Å². The Balaban J connectivity index is 2.66. The molecule has 0 unspecified atom stereocenters. The fraction of sp³-hybridized carbons (Fsp3) is 0.154. The van der Waals surface area contributed by atoms with Crippen molar-refractivity contribution in [3.63, 3.8) is 0 Å². The molecule has 0 aliphatic rings. The number of terminal acetylenes is 1. The third-order valence-electron chi connectivity index (χ3n) is 1.86. The van der Waals surface area contributed by atoms with E-state index in [2.05, 4.69) is 5.92 Å². The number of rotatable bonds is 4. The van der Waals surface area contributed by atoms with Crippen LogP contribution in [0.4, 0.5) is 0 Å². The molecule has 0 fully saturated rings. The maximum atomic E-state index is 11.6. The maximum Gasteiger partial charge on any atom is 0.187 e. The zero-order valence-corrected chi connectivity index (χ0v) is 9.00. The lowest BCUT2D eigenvalue weighted by Crippen LogP contribution is -1.94. The van der Waals surface area contributed by atoms with Crippen LogP contribution in [0.5, 0.6) is 0 Å². The lowest BCUT2D eigenvalue weighted by molar-refractivity contribution is 0.104. The standard InChI is InChI=1S/C13H11ClO/c1-2-3-4-5-10-13(15)11-8-6-7-9-12(11)14/h1,5-10H,3-4H2/b10-5+. The summed E-state index contributed by atoms with van der Waals surface area (Å²) in [6.07, 6.45) is 9.73. The van der Waals surface area contributed by atoms with Gasteiger partial charge >= 0.3 is 0 Å². The molecule has 2 heteroatoms. The Hall–Kier alpha value is -1.52. The molecular formula is C13H11ClO. The highest BCUT2D eigenvalue weighted by Crippen LogP contribution is 2.15. The maximum absolute atomic E-state index is 11.6. The van der Waals surface area contributed by atoms with Gasteiger partial charge in [-0.1, -0.05) is 29.8 Å². The number of hydrogen-bond acceptors (Lipinski definition) is 1. The average Bonchev–Trinajstić information content (AvgIpc) is 2.25. The summed E-state index contributed by atoms with van der Waals surface area (Å²) in [5, 5.41) is 0.476. The van der Waals surface area contributed by atoms with Gasteiger partial charge < -0.3 is 0 Å². The molecule has 15 heavy (non-hydrogen) atoms. The molecule has 76 valence electrons. The summed E-state index contributed by atoms with van der Waals surface area (Å²) in [5.41, 5.74) is 0.524. The Labute approximate surface area is 94.8 Å². The van der Waals surface area contributed by atoms with E-state index in [1.807, 2.05) is 0 Å². The first kappa shape index (κ1) is 11.6. The van der Waals surface area contributed by atoms with Gasteiger partial charge in [-0.2, -0.15) is 0 Å². The molecule has 0 spiro atoms. The predicted octanol–water partition coefficient (Wildman–Crippen LogP) is 3.49. The number of unbranched alkanes of at least 4 members (excludes halogenated alkanes) is 1. The van der Waals surface area contributed by atoms with Crippen molar-refractivity contribution in [1.82, 2.24) is 0 Å². The van der Waals surface area contributed by atoms with Crippen LogP contribution < -0.4 is 0 Å². The quantitative estimate of drug-likeness (QED) is 0.327.